The van der Waals surface area contributed by atoms with Crippen LogP contribution in [0, 0.1) is 5.82 Å². The van der Waals surface area contributed by atoms with E-state index >= 15 is 0 Å². The third-order valence-electron chi connectivity index (χ3n) is 2.25. The fraction of sp³-hybridized carbons (Fsp3) is 0.273. The van der Waals surface area contributed by atoms with Crippen LogP contribution < -0.4 is 5.73 Å². The third kappa shape index (κ3) is 2.70. The Balaban J connectivity index is 2.27. The highest BCUT2D eigenvalue weighted by atomic mass is 79.9. The van der Waals surface area contributed by atoms with Crippen molar-refractivity contribution in [3.63, 3.8) is 0 Å². The van der Waals surface area contributed by atoms with E-state index in [9.17, 15) is 4.39 Å². The smallest absolute Gasteiger partial charge is 0.260 e. The summed E-state index contributed by atoms with van der Waals surface area (Å²) in [6.07, 6.45) is 1.41. The molecule has 0 spiro atoms. The summed E-state index contributed by atoms with van der Waals surface area (Å²) in [5.41, 5.74) is 5.68. The van der Waals surface area contributed by atoms with E-state index in [-0.39, 0.29) is 5.89 Å². The molecule has 0 saturated carbocycles. The second-order valence-corrected chi connectivity index (χ2v) is 4.36. The molecular formula is C11H11BrFN3O. The van der Waals surface area contributed by atoms with Crippen LogP contribution in [0.5, 0.6) is 0 Å². The highest BCUT2D eigenvalue weighted by Gasteiger charge is 2.14. The monoisotopic (exact) mass is 299 g/mol. The van der Waals surface area contributed by atoms with Crippen molar-refractivity contribution in [2.45, 2.75) is 12.8 Å². The van der Waals surface area contributed by atoms with Crippen molar-refractivity contribution in [1.82, 2.24) is 10.1 Å². The molecule has 0 aliphatic carbocycles. The largest absolute Gasteiger partial charge is 0.334 e. The van der Waals surface area contributed by atoms with E-state index in [1.54, 1.807) is 18.2 Å². The molecule has 2 aromatic rings. The van der Waals surface area contributed by atoms with Gasteiger partial charge in [0.25, 0.3) is 5.89 Å². The first kappa shape index (κ1) is 12.2. The normalized spacial score (nSPS) is 10.8. The number of aromatic nitrogens is 2. The maximum atomic E-state index is 13.8. The van der Waals surface area contributed by atoms with Crippen LogP contribution in [0.2, 0.25) is 0 Å². The van der Waals surface area contributed by atoms with Crippen LogP contribution >= 0.6 is 15.9 Å². The highest BCUT2D eigenvalue weighted by Crippen LogP contribution is 2.26. The zero-order chi connectivity index (χ0) is 12.3. The minimum absolute atomic E-state index is 0.191. The van der Waals surface area contributed by atoms with E-state index in [0.717, 1.165) is 6.42 Å². The summed E-state index contributed by atoms with van der Waals surface area (Å²) in [4.78, 5) is 4.13. The first-order chi connectivity index (χ1) is 8.22. The van der Waals surface area contributed by atoms with Crippen LogP contribution in [-0.2, 0) is 6.42 Å². The quantitative estimate of drug-likeness (QED) is 0.942. The Morgan fingerprint density at radius 1 is 1.41 bits per heavy atom. The maximum absolute atomic E-state index is 13.8. The fourth-order valence-corrected chi connectivity index (χ4v) is 1.76. The summed E-state index contributed by atoms with van der Waals surface area (Å²) in [5.74, 6) is 0.335. The molecule has 0 amide bonds. The van der Waals surface area contributed by atoms with Gasteiger partial charge in [-0.2, -0.15) is 4.98 Å². The Morgan fingerprint density at radius 2 is 2.24 bits per heavy atom. The van der Waals surface area contributed by atoms with Gasteiger partial charge in [-0.1, -0.05) is 11.2 Å². The molecule has 1 aromatic heterocycles. The minimum Gasteiger partial charge on any atom is -0.334 e. The molecule has 90 valence electrons. The number of hydrogen-bond donors (Lipinski definition) is 1. The van der Waals surface area contributed by atoms with E-state index in [4.69, 9.17) is 10.3 Å². The average molecular weight is 300 g/mol. The molecule has 0 atom stereocenters. The summed E-state index contributed by atoms with van der Waals surface area (Å²) in [6.45, 7) is 0.565. The number of nitrogens with two attached hydrogens (primary N) is 1. The van der Waals surface area contributed by atoms with Crippen molar-refractivity contribution >= 4 is 15.9 Å². The average Bonchev–Trinajstić information content (AvgIpc) is 2.78. The number of rotatable bonds is 4. The Labute approximate surface area is 106 Å². The lowest BCUT2D eigenvalue weighted by Gasteiger charge is -1.98. The van der Waals surface area contributed by atoms with Crippen LogP contribution in [0.1, 0.15) is 12.2 Å². The van der Waals surface area contributed by atoms with Gasteiger partial charge in [0.05, 0.1) is 10.0 Å². The molecule has 2 N–H and O–H groups in total. The maximum Gasteiger partial charge on any atom is 0.260 e. The lowest BCUT2D eigenvalue weighted by atomic mass is 10.2. The van der Waals surface area contributed by atoms with E-state index in [1.165, 1.54) is 0 Å². The van der Waals surface area contributed by atoms with E-state index in [2.05, 4.69) is 26.1 Å². The summed E-state index contributed by atoms with van der Waals surface area (Å²) in [5, 5.41) is 3.78. The van der Waals surface area contributed by atoms with Gasteiger partial charge in [0, 0.05) is 6.42 Å². The molecule has 6 heteroatoms. The van der Waals surface area contributed by atoms with Gasteiger partial charge in [-0.25, -0.2) is 4.39 Å². The number of halogens is 2. The van der Waals surface area contributed by atoms with Gasteiger partial charge in [-0.05, 0) is 41.0 Å². The van der Waals surface area contributed by atoms with Crippen molar-refractivity contribution in [3.8, 4) is 11.5 Å². The number of benzene rings is 1. The molecule has 0 bridgehead atoms. The Hall–Kier alpha value is -1.27. The van der Waals surface area contributed by atoms with Crippen molar-refractivity contribution in [2.75, 3.05) is 6.54 Å². The lowest BCUT2D eigenvalue weighted by molar-refractivity contribution is 0.419. The molecule has 0 radical (unpaired) electrons. The molecule has 0 unspecified atom stereocenters. The molecule has 0 fully saturated rings. The fourth-order valence-electron chi connectivity index (χ4n) is 1.39. The van der Waals surface area contributed by atoms with Crippen molar-refractivity contribution in [1.29, 1.82) is 0 Å². The van der Waals surface area contributed by atoms with Crippen LogP contribution in [-0.4, -0.2) is 16.7 Å². The molecule has 1 heterocycles. The Bertz CT molecular complexity index is 515. The SMILES string of the molecule is NCCCc1noc(-c2cccc(Br)c2F)n1. The second-order valence-electron chi connectivity index (χ2n) is 3.51. The van der Waals surface area contributed by atoms with Gasteiger partial charge in [0.1, 0.15) is 5.82 Å². The molecule has 0 saturated heterocycles. The second kappa shape index (κ2) is 5.37. The molecule has 0 aliphatic rings. The topological polar surface area (TPSA) is 64.9 Å². The minimum atomic E-state index is -0.401. The van der Waals surface area contributed by atoms with Crippen LogP contribution in [0.25, 0.3) is 11.5 Å². The molecule has 4 nitrogen and oxygen atoms in total. The van der Waals surface area contributed by atoms with Gasteiger partial charge in [-0.15, -0.1) is 0 Å². The number of nitrogens with zero attached hydrogens (tertiary/aromatic N) is 2. The zero-order valence-corrected chi connectivity index (χ0v) is 10.6. The summed E-state index contributed by atoms with van der Waals surface area (Å²) in [7, 11) is 0. The van der Waals surface area contributed by atoms with Gasteiger partial charge in [0.2, 0.25) is 0 Å². The molecule has 0 aliphatic heterocycles. The van der Waals surface area contributed by atoms with Gasteiger partial charge < -0.3 is 10.3 Å². The van der Waals surface area contributed by atoms with Crippen molar-refractivity contribution < 1.29 is 8.91 Å². The van der Waals surface area contributed by atoms with Crippen LogP contribution in [0.15, 0.2) is 27.2 Å². The van der Waals surface area contributed by atoms with E-state index in [0.29, 0.717) is 28.8 Å². The molecule has 2 rings (SSSR count). The van der Waals surface area contributed by atoms with Crippen molar-refractivity contribution in [2.24, 2.45) is 5.73 Å². The van der Waals surface area contributed by atoms with E-state index in [1.807, 2.05) is 0 Å². The third-order valence-corrected chi connectivity index (χ3v) is 2.87. The lowest BCUT2D eigenvalue weighted by Crippen LogP contribution is -2.01. The number of aryl methyl sites for hydroxylation is 1. The predicted molar refractivity (Wildman–Crippen MR) is 64.8 cm³/mol. The van der Waals surface area contributed by atoms with Crippen LogP contribution in [0.3, 0.4) is 0 Å². The molecule has 1 aromatic carbocycles. The Kier molecular flexibility index (Phi) is 3.86. The molecular weight excluding hydrogens is 289 g/mol. The van der Waals surface area contributed by atoms with Gasteiger partial charge in [0.15, 0.2) is 5.82 Å². The summed E-state index contributed by atoms with van der Waals surface area (Å²) in [6, 6.07) is 4.93. The summed E-state index contributed by atoms with van der Waals surface area (Å²) >= 11 is 3.11. The van der Waals surface area contributed by atoms with Crippen molar-refractivity contribution in [3.05, 3.63) is 34.3 Å². The zero-order valence-electron chi connectivity index (χ0n) is 8.99. The number of hydrogen-bond acceptors (Lipinski definition) is 4. The van der Waals surface area contributed by atoms with Crippen LogP contribution in [0.4, 0.5) is 4.39 Å². The predicted octanol–water partition coefficient (Wildman–Crippen LogP) is 2.53. The van der Waals surface area contributed by atoms with Gasteiger partial charge >= 0.3 is 0 Å². The first-order valence-electron chi connectivity index (χ1n) is 5.19. The van der Waals surface area contributed by atoms with Gasteiger partial charge in [-0.3, -0.25) is 0 Å². The summed E-state index contributed by atoms with van der Waals surface area (Å²) < 4.78 is 19.1. The first-order valence-corrected chi connectivity index (χ1v) is 5.98. The standard InChI is InChI=1S/C11H11BrFN3O/c12-8-4-1-3-7(10(8)13)11-15-9(16-17-11)5-2-6-14/h1,3-4H,2,5-6,14H2. The van der Waals surface area contributed by atoms with E-state index < -0.39 is 5.82 Å². The molecule has 17 heavy (non-hydrogen) atoms. The Morgan fingerprint density at radius 3 is 3.00 bits per heavy atom. The highest BCUT2D eigenvalue weighted by molar-refractivity contribution is 9.10.